The topological polar surface area (TPSA) is 61.6 Å². The van der Waals surface area contributed by atoms with Gasteiger partial charge in [-0.05, 0) is 31.5 Å². The number of hydrogen-bond donors (Lipinski definition) is 1. The van der Waals surface area contributed by atoms with Gasteiger partial charge < -0.3 is 5.32 Å². The molecule has 0 unspecified atom stereocenters. The van der Waals surface area contributed by atoms with Gasteiger partial charge in [-0.3, -0.25) is 0 Å². The lowest BCUT2D eigenvalue weighted by Gasteiger charge is -2.08. The van der Waals surface area contributed by atoms with Gasteiger partial charge in [-0.15, -0.1) is 0 Å². The maximum absolute atomic E-state index is 8.75. The largest absolute Gasteiger partial charge is 0.324 e. The number of benzene rings is 1. The normalized spacial score (nSPS) is 9.71. The summed E-state index contributed by atoms with van der Waals surface area (Å²) in [5, 5.41) is 11.9. The summed E-state index contributed by atoms with van der Waals surface area (Å²) in [6.45, 7) is 4.06. The van der Waals surface area contributed by atoms with Crippen molar-refractivity contribution >= 4 is 11.6 Å². The lowest BCUT2D eigenvalue weighted by molar-refractivity contribution is 1.14. The summed E-state index contributed by atoms with van der Waals surface area (Å²) in [7, 11) is 0. The van der Waals surface area contributed by atoms with Crippen molar-refractivity contribution in [2.45, 2.75) is 13.8 Å². The summed E-state index contributed by atoms with van der Waals surface area (Å²) in [4.78, 5) is 8.14. The Morgan fingerprint density at radius 3 is 2.76 bits per heavy atom. The molecule has 0 spiro atoms. The van der Waals surface area contributed by atoms with E-state index in [1.54, 1.807) is 12.3 Å². The molecule has 0 fully saturated rings. The van der Waals surface area contributed by atoms with Crippen molar-refractivity contribution in [3.05, 3.63) is 47.3 Å². The molecule has 0 amide bonds. The molecule has 0 bridgehead atoms. The van der Waals surface area contributed by atoms with Crippen LogP contribution >= 0.6 is 0 Å². The Kier molecular flexibility index (Phi) is 3.01. The summed E-state index contributed by atoms with van der Waals surface area (Å²) in [5.41, 5.74) is 3.63. The van der Waals surface area contributed by atoms with Gasteiger partial charge in [0, 0.05) is 11.9 Å². The number of hydrogen-bond acceptors (Lipinski definition) is 4. The van der Waals surface area contributed by atoms with Crippen molar-refractivity contribution in [3.8, 4) is 6.07 Å². The maximum atomic E-state index is 8.75. The molecule has 0 saturated carbocycles. The quantitative estimate of drug-likeness (QED) is 0.851. The first-order valence-electron chi connectivity index (χ1n) is 5.26. The van der Waals surface area contributed by atoms with Crippen LogP contribution in [-0.4, -0.2) is 9.97 Å². The fourth-order valence-corrected chi connectivity index (χ4v) is 1.56. The van der Waals surface area contributed by atoms with Crippen LogP contribution in [0.25, 0.3) is 0 Å². The zero-order chi connectivity index (χ0) is 12.3. The van der Waals surface area contributed by atoms with Crippen LogP contribution in [0.1, 0.15) is 16.8 Å². The molecule has 4 heteroatoms. The molecule has 1 heterocycles. The minimum Gasteiger partial charge on any atom is -0.324 e. The molecule has 1 N–H and O–H groups in total. The van der Waals surface area contributed by atoms with E-state index >= 15 is 0 Å². The Morgan fingerprint density at radius 1 is 1.24 bits per heavy atom. The molecule has 0 atom stereocenters. The van der Waals surface area contributed by atoms with Gasteiger partial charge in [0.2, 0.25) is 5.95 Å². The van der Waals surface area contributed by atoms with E-state index in [1.165, 1.54) is 5.56 Å². The molecular weight excluding hydrogens is 212 g/mol. The molecule has 0 aliphatic carbocycles. The summed E-state index contributed by atoms with van der Waals surface area (Å²) in [6.07, 6.45) is 1.57. The fourth-order valence-electron chi connectivity index (χ4n) is 1.56. The molecule has 4 nitrogen and oxygen atoms in total. The molecule has 0 radical (unpaired) electrons. The number of aromatic nitrogens is 2. The van der Waals surface area contributed by atoms with E-state index in [4.69, 9.17) is 5.26 Å². The first-order valence-corrected chi connectivity index (χ1v) is 5.26. The zero-order valence-corrected chi connectivity index (χ0v) is 9.73. The third kappa shape index (κ3) is 2.58. The van der Waals surface area contributed by atoms with E-state index < -0.39 is 0 Å². The van der Waals surface area contributed by atoms with Gasteiger partial charge in [0.05, 0.1) is 0 Å². The molecule has 17 heavy (non-hydrogen) atoms. The Bertz CT molecular complexity index is 584. The molecule has 1 aromatic carbocycles. The first kappa shape index (κ1) is 11.1. The smallest absolute Gasteiger partial charge is 0.228 e. The summed E-state index contributed by atoms with van der Waals surface area (Å²) < 4.78 is 0. The Morgan fingerprint density at radius 2 is 2.06 bits per heavy atom. The SMILES string of the molecule is Cc1ccc(Nc2nccc(C#N)n2)c(C)c1. The van der Waals surface area contributed by atoms with Gasteiger partial charge in [-0.1, -0.05) is 17.7 Å². The van der Waals surface area contributed by atoms with Crippen LogP contribution in [0.2, 0.25) is 0 Å². The highest BCUT2D eigenvalue weighted by molar-refractivity contribution is 5.58. The van der Waals surface area contributed by atoms with Gasteiger partial charge in [0.15, 0.2) is 0 Å². The third-order valence-electron chi connectivity index (χ3n) is 2.40. The standard InChI is InChI=1S/C13H12N4/c1-9-3-4-12(10(2)7-9)17-13-15-6-5-11(8-14)16-13/h3-7H,1-2H3,(H,15,16,17). The van der Waals surface area contributed by atoms with Crippen molar-refractivity contribution in [2.24, 2.45) is 0 Å². The fraction of sp³-hybridized carbons (Fsp3) is 0.154. The molecular formula is C13H12N4. The van der Waals surface area contributed by atoms with Gasteiger partial charge in [0.1, 0.15) is 11.8 Å². The molecule has 2 aromatic rings. The number of nitriles is 1. The second-order valence-electron chi connectivity index (χ2n) is 3.82. The highest BCUT2D eigenvalue weighted by Crippen LogP contribution is 2.19. The Labute approximate surface area is 100.0 Å². The molecule has 1 aromatic heterocycles. The van der Waals surface area contributed by atoms with Crippen molar-refractivity contribution in [2.75, 3.05) is 5.32 Å². The monoisotopic (exact) mass is 224 g/mol. The number of nitrogens with zero attached hydrogens (tertiary/aromatic N) is 3. The van der Waals surface area contributed by atoms with Crippen LogP contribution in [0.4, 0.5) is 11.6 Å². The third-order valence-corrected chi connectivity index (χ3v) is 2.40. The zero-order valence-electron chi connectivity index (χ0n) is 9.73. The van der Waals surface area contributed by atoms with Gasteiger partial charge in [-0.2, -0.15) is 5.26 Å². The average Bonchev–Trinajstić information content (AvgIpc) is 2.33. The first-order chi connectivity index (χ1) is 8.19. The summed E-state index contributed by atoms with van der Waals surface area (Å²) in [6, 6.07) is 9.64. The van der Waals surface area contributed by atoms with Gasteiger partial charge >= 0.3 is 0 Å². The average molecular weight is 224 g/mol. The van der Waals surface area contributed by atoms with Crippen LogP contribution < -0.4 is 5.32 Å². The van der Waals surface area contributed by atoms with Crippen molar-refractivity contribution in [1.82, 2.24) is 9.97 Å². The molecule has 0 aliphatic rings. The van der Waals surface area contributed by atoms with E-state index in [-0.39, 0.29) is 0 Å². The molecule has 2 rings (SSSR count). The number of aryl methyl sites for hydroxylation is 2. The molecule has 0 saturated heterocycles. The predicted octanol–water partition coefficient (Wildman–Crippen LogP) is 2.71. The van der Waals surface area contributed by atoms with E-state index in [2.05, 4.69) is 21.4 Å². The maximum Gasteiger partial charge on any atom is 0.228 e. The van der Waals surface area contributed by atoms with E-state index in [0.29, 0.717) is 11.6 Å². The minimum atomic E-state index is 0.354. The van der Waals surface area contributed by atoms with Gasteiger partial charge in [0.25, 0.3) is 0 Å². The van der Waals surface area contributed by atoms with Crippen molar-refractivity contribution < 1.29 is 0 Å². The van der Waals surface area contributed by atoms with Crippen LogP contribution in [0.15, 0.2) is 30.5 Å². The lowest BCUT2D eigenvalue weighted by Crippen LogP contribution is -1.99. The van der Waals surface area contributed by atoms with Gasteiger partial charge in [-0.25, -0.2) is 9.97 Å². The van der Waals surface area contributed by atoms with Crippen LogP contribution in [0.3, 0.4) is 0 Å². The van der Waals surface area contributed by atoms with E-state index in [1.807, 2.05) is 32.0 Å². The van der Waals surface area contributed by atoms with Crippen LogP contribution in [0, 0.1) is 25.2 Å². The highest BCUT2D eigenvalue weighted by Gasteiger charge is 2.02. The number of anilines is 2. The molecule has 0 aliphatic heterocycles. The summed E-state index contributed by atoms with van der Waals surface area (Å²) in [5.74, 6) is 0.441. The second kappa shape index (κ2) is 4.62. The van der Waals surface area contributed by atoms with Crippen LogP contribution in [0.5, 0.6) is 0 Å². The number of nitrogens with one attached hydrogen (secondary N) is 1. The predicted molar refractivity (Wildman–Crippen MR) is 65.9 cm³/mol. The lowest BCUT2D eigenvalue weighted by atomic mass is 10.1. The minimum absolute atomic E-state index is 0.354. The van der Waals surface area contributed by atoms with E-state index in [9.17, 15) is 0 Å². The Balaban J connectivity index is 2.28. The molecule has 84 valence electrons. The van der Waals surface area contributed by atoms with Crippen molar-refractivity contribution in [1.29, 1.82) is 5.26 Å². The van der Waals surface area contributed by atoms with Crippen LogP contribution in [-0.2, 0) is 0 Å². The van der Waals surface area contributed by atoms with Crippen molar-refractivity contribution in [3.63, 3.8) is 0 Å². The number of rotatable bonds is 2. The summed E-state index contributed by atoms with van der Waals surface area (Å²) >= 11 is 0. The Hall–Kier alpha value is -2.41. The van der Waals surface area contributed by atoms with E-state index in [0.717, 1.165) is 11.3 Å². The second-order valence-corrected chi connectivity index (χ2v) is 3.82. The highest BCUT2D eigenvalue weighted by atomic mass is 15.1.